The van der Waals surface area contributed by atoms with Crippen molar-refractivity contribution in [3.8, 4) is 0 Å². The topological polar surface area (TPSA) is 102 Å². The molecule has 1 amide bonds. The summed E-state index contributed by atoms with van der Waals surface area (Å²) in [6.45, 7) is 6.65. The second-order valence-corrected chi connectivity index (χ2v) is 8.79. The Bertz CT molecular complexity index is 600. The van der Waals surface area contributed by atoms with E-state index in [1.54, 1.807) is 18.9 Å². The van der Waals surface area contributed by atoms with E-state index in [4.69, 9.17) is 14.9 Å². The summed E-state index contributed by atoms with van der Waals surface area (Å²) < 4.78 is 7.75. The third-order valence-electron chi connectivity index (χ3n) is 5.11. The van der Waals surface area contributed by atoms with Gasteiger partial charge in [0.05, 0.1) is 13.2 Å². The zero-order valence-electron chi connectivity index (χ0n) is 19.0. The van der Waals surface area contributed by atoms with E-state index in [9.17, 15) is 9.90 Å². The van der Waals surface area contributed by atoms with Crippen molar-refractivity contribution in [1.29, 1.82) is 0 Å². The molecular weight excluding hydrogens is 416 g/mol. The van der Waals surface area contributed by atoms with Gasteiger partial charge in [-0.2, -0.15) is 0 Å². The second-order valence-electron chi connectivity index (χ2n) is 7.67. The van der Waals surface area contributed by atoms with E-state index in [2.05, 4.69) is 15.7 Å². The first kappa shape index (κ1) is 27.7. The summed E-state index contributed by atoms with van der Waals surface area (Å²) in [4.78, 5) is 11.6. The molecule has 0 aromatic heterocycles. The number of rotatable bonds is 8. The molecule has 1 aliphatic heterocycles. The molecule has 2 aliphatic rings. The van der Waals surface area contributed by atoms with Gasteiger partial charge in [0.25, 0.3) is 0 Å². The highest BCUT2D eigenvalue weighted by atomic mass is 32.2. The van der Waals surface area contributed by atoms with Gasteiger partial charge in [-0.05, 0) is 61.9 Å². The zero-order valence-corrected chi connectivity index (χ0v) is 19.8. The van der Waals surface area contributed by atoms with Crippen molar-refractivity contribution in [3.05, 3.63) is 29.3 Å². The molecule has 178 valence electrons. The highest BCUT2D eigenvalue weighted by Crippen LogP contribution is 2.29. The first-order valence-electron chi connectivity index (χ1n) is 11.3. The van der Waals surface area contributed by atoms with E-state index < -0.39 is 6.09 Å². The highest BCUT2D eigenvalue weighted by molar-refractivity contribution is 7.97. The Kier molecular flexibility index (Phi) is 15.4. The molecule has 0 bridgehead atoms. The van der Waals surface area contributed by atoms with Crippen LogP contribution in [0.1, 0.15) is 63.0 Å². The van der Waals surface area contributed by atoms with Crippen LogP contribution in [0.2, 0.25) is 0 Å². The lowest BCUT2D eigenvalue weighted by atomic mass is 10.1. The Balaban J connectivity index is 0.000000506. The van der Waals surface area contributed by atoms with Gasteiger partial charge in [0, 0.05) is 37.2 Å². The highest BCUT2D eigenvalue weighted by Gasteiger charge is 2.24. The summed E-state index contributed by atoms with van der Waals surface area (Å²) in [5.74, 6) is 0. The van der Waals surface area contributed by atoms with Crippen molar-refractivity contribution in [3.63, 3.8) is 0 Å². The number of hydrogen-bond donors (Lipinski definition) is 4. The van der Waals surface area contributed by atoms with Crippen LogP contribution in [0.25, 0.3) is 0 Å². The summed E-state index contributed by atoms with van der Waals surface area (Å²) in [6.07, 6.45) is 8.24. The molecule has 1 saturated heterocycles. The van der Waals surface area contributed by atoms with Crippen molar-refractivity contribution < 1.29 is 24.9 Å². The molecule has 8 heteroatoms. The van der Waals surface area contributed by atoms with E-state index in [-0.39, 0.29) is 13.2 Å². The molecule has 2 fully saturated rings. The van der Waals surface area contributed by atoms with Crippen molar-refractivity contribution in [2.75, 3.05) is 32.9 Å². The number of aliphatic hydroxyl groups is 2. The van der Waals surface area contributed by atoms with Crippen LogP contribution in [0.4, 0.5) is 4.79 Å². The third-order valence-corrected chi connectivity index (χ3v) is 6.29. The Morgan fingerprint density at radius 2 is 1.87 bits per heavy atom. The fraction of sp³-hybridized carbons (Fsp3) is 0.696. The Morgan fingerprint density at radius 1 is 1.23 bits per heavy atom. The van der Waals surface area contributed by atoms with Crippen molar-refractivity contribution >= 4 is 18.0 Å². The number of amides is 1. The lowest BCUT2D eigenvalue weighted by molar-refractivity contribution is 0.178. The first-order valence-corrected chi connectivity index (χ1v) is 12.1. The predicted molar refractivity (Wildman–Crippen MR) is 125 cm³/mol. The molecule has 1 saturated carbocycles. The van der Waals surface area contributed by atoms with E-state index in [0.29, 0.717) is 19.2 Å². The van der Waals surface area contributed by atoms with Gasteiger partial charge in [0.1, 0.15) is 0 Å². The third kappa shape index (κ3) is 12.3. The van der Waals surface area contributed by atoms with Crippen molar-refractivity contribution in [1.82, 2.24) is 9.62 Å². The molecule has 1 aliphatic carbocycles. The average Bonchev–Trinajstić information content (AvgIpc) is 3.48. The van der Waals surface area contributed by atoms with Crippen LogP contribution in [0.5, 0.6) is 0 Å². The van der Waals surface area contributed by atoms with Crippen LogP contribution in [0, 0.1) is 6.92 Å². The molecule has 3 rings (SSSR count). The number of aryl methyl sites for hydroxylation is 1. The van der Waals surface area contributed by atoms with Gasteiger partial charge in [-0.3, -0.25) is 0 Å². The van der Waals surface area contributed by atoms with E-state index in [1.165, 1.54) is 32.1 Å². The van der Waals surface area contributed by atoms with Crippen LogP contribution in [-0.4, -0.2) is 64.7 Å². The zero-order chi connectivity index (χ0) is 22.9. The van der Waals surface area contributed by atoms with E-state index in [0.717, 1.165) is 42.0 Å². The Labute approximate surface area is 191 Å². The number of nitrogens with zero attached hydrogens (tertiary/aromatic N) is 1. The summed E-state index contributed by atoms with van der Waals surface area (Å²) >= 11 is 1.65. The van der Waals surface area contributed by atoms with Gasteiger partial charge in [0.2, 0.25) is 0 Å². The average molecular weight is 457 g/mol. The monoisotopic (exact) mass is 456 g/mol. The molecular formula is C23H40N2O5S. The van der Waals surface area contributed by atoms with Crippen molar-refractivity contribution in [2.24, 2.45) is 0 Å². The molecule has 0 spiro atoms. The number of aliphatic hydroxyl groups excluding tert-OH is 2. The van der Waals surface area contributed by atoms with Crippen LogP contribution in [0.3, 0.4) is 0 Å². The maximum Gasteiger partial charge on any atom is 0.404 e. The summed E-state index contributed by atoms with van der Waals surface area (Å²) in [5, 5.41) is 28.0. The molecule has 1 atom stereocenters. The molecule has 1 aromatic carbocycles. The molecule has 31 heavy (non-hydrogen) atoms. The number of ether oxygens (including phenoxy) is 1. The maximum atomic E-state index is 10.5. The SMILES string of the molecule is C1CCCC1.CCO.Cc1ccc(SN(CCCNC(=O)O)[C@@H]2CCOC2)cc1CO. The normalized spacial score (nSPS) is 17.5. The van der Waals surface area contributed by atoms with Crippen LogP contribution < -0.4 is 5.32 Å². The maximum absolute atomic E-state index is 10.5. The smallest absolute Gasteiger partial charge is 0.404 e. The largest absolute Gasteiger partial charge is 0.465 e. The molecule has 1 heterocycles. The Hall–Kier alpha value is -1.32. The minimum atomic E-state index is -0.987. The fourth-order valence-electron chi connectivity index (χ4n) is 3.38. The van der Waals surface area contributed by atoms with E-state index in [1.807, 2.05) is 19.1 Å². The van der Waals surface area contributed by atoms with Crippen LogP contribution in [0.15, 0.2) is 23.1 Å². The minimum Gasteiger partial charge on any atom is -0.465 e. The number of hydrogen-bond acceptors (Lipinski definition) is 6. The van der Waals surface area contributed by atoms with Gasteiger partial charge >= 0.3 is 6.09 Å². The minimum absolute atomic E-state index is 0.0370. The number of carbonyl (C=O) groups is 1. The fourth-order valence-corrected chi connectivity index (χ4v) is 4.51. The number of nitrogens with one attached hydrogen (secondary N) is 1. The predicted octanol–water partition coefficient (Wildman–Crippen LogP) is 4.19. The summed E-state index contributed by atoms with van der Waals surface area (Å²) in [6, 6.07) is 6.42. The molecule has 1 aromatic rings. The summed E-state index contributed by atoms with van der Waals surface area (Å²) in [5.41, 5.74) is 2.02. The molecule has 0 radical (unpaired) electrons. The molecule has 4 N–H and O–H groups in total. The number of carboxylic acid groups (broad SMARTS) is 1. The van der Waals surface area contributed by atoms with Gasteiger partial charge < -0.3 is 25.4 Å². The van der Waals surface area contributed by atoms with Gasteiger partial charge in [-0.25, -0.2) is 9.10 Å². The lowest BCUT2D eigenvalue weighted by Gasteiger charge is -2.26. The van der Waals surface area contributed by atoms with E-state index >= 15 is 0 Å². The quantitative estimate of drug-likeness (QED) is 0.344. The first-order chi connectivity index (χ1) is 15.0. The van der Waals surface area contributed by atoms with Crippen LogP contribution in [-0.2, 0) is 11.3 Å². The summed E-state index contributed by atoms with van der Waals surface area (Å²) in [7, 11) is 0. The second kappa shape index (κ2) is 17.3. The molecule has 0 unspecified atom stereocenters. The molecule has 7 nitrogen and oxygen atoms in total. The number of benzene rings is 1. The lowest BCUT2D eigenvalue weighted by Crippen LogP contribution is -2.33. The standard InChI is InChI=1S/C16H24N2O4S.C5H10.C2H6O/c1-12-3-4-15(9-13(12)10-19)23-18(14-5-8-22-11-14)7-2-6-17-16(20)21;1-2-4-5-3-1;1-2-3/h3-4,9,14,17,19H,2,5-8,10-11H2,1H3,(H,20,21);1-5H2;3H,2H2,1H3/t14-;;/m1../s1. The van der Waals surface area contributed by atoms with Gasteiger partial charge in [-0.15, -0.1) is 0 Å². The van der Waals surface area contributed by atoms with Crippen LogP contribution >= 0.6 is 11.9 Å². The van der Waals surface area contributed by atoms with Gasteiger partial charge in [-0.1, -0.05) is 38.2 Å². The van der Waals surface area contributed by atoms with Gasteiger partial charge in [0.15, 0.2) is 0 Å². The van der Waals surface area contributed by atoms with Crippen molar-refractivity contribution in [2.45, 2.75) is 76.3 Å². The Morgan fingerprint density at radius 3 is 2.39 bits per heavy atom.